The van der Waals surface area contributed by atoms with Gasteiger partial charge in [0.25, 0.3) is 5.56 Å². The number of anilines is 1. The molecule has 9 heteroatoms. The van der Waals surface area contributed by atoms with Gasteiger partial charge in [0.05, 0.1) is 5.69 Å². The number of nitrogens with zero attached hydrogens (tertiary/aromatic N) is 4. The lowest BCUT2D eigenvalue weighted by Crippen LogP contribution is -2.47. The van der Waals surface area contributed by atoms with Crippen LogP contribution < -0.4 is 10.9 Å². The van der Waals surface area contributed by atoms with Crippen LogP contribution in [0.5, 0.6) is 0 Å². The van der Waals surface area contributed by atoms with Crippen molar-refractivity contribution in [2.24, 2.45) is 11.8 Å². The number of aryl methyl sites for hydroxylation is 2. The van der Waals surface area contributed by atoms with Crippen molar-refractivity contribution >= 4 is 17.6 Å². The van der Waals surface area contributed by atoms with Crippen molar-refractivity contribution in [3.05, 3.63) is 33.9 Å². The molecule has 0 bridgehead atoms. The van der Waals surface area contributed by atoms with Crippen LogP contribution in [0.1, 0.15) is 38.6 Å². The first-order chi connectivity index (χ1) is 13.3. The van der Waals surface area contributed by atoms with Gasteiger partial charge in [0.2, 0.25) is 5.95 Å². The molecular formula is C19H26N6O3. The second-order valence-corrected chi connectivity index (χ2v) is 7.61. The summed E-state index contributed by atoms with van der Waals surface area (Å²) < 4.78 is 1.34. The lowest BCUT2D eigenvalue weighted by Gasteiger charge is -2.34. The Hall–Kier alpha value is -2.97. The molecule has 0 aromatic carbocycles. The molecule has 3 heterocycles. The fourth-order valence-electron chi connectivity index (χ4n) is 3.67. The number of carbonyl (C=O) groups excluding carboxylic acids is 2. The van der Waals surface area contributed by atoms with Gasteiger partial charge in [-0.1, -0.05) is 20.8 Å². The molecule has 1 aliphatic rings. The monoisotopic (exact) mass is 386 g/mol. The third-order valence-electron chi connectivity index (χ3n) is 4.77. The highest BCUT2D eigenvalue weighted by atomic mass is 16.2. The number of aromatic nitrogens is 4. The van der Waals surface area contributed by atoms with Crippen molar-refractivity contribution in [3.63, 3.8) is 0 Å². The van der Waals surface area contributed by atoms with E-state index in [-0.39, 0.29) is 17.3 Å². The number of hydrogen-bond acceptors (Lipinski definition) is 5. The van der Waals surface area contributed by atoms with Crippen molar-refractivity contribution in [2.75, 3.05) is 18.4 Å². The Morgan fingerprint density at radius 2 is 1.93 bits per heavy atom. The average Bonchev–Trinajstić information content (AvgIpc) is 2.99. The molecule has 3 rings (SSSR count). The number of carbonyl (C=O) groups is 2. The number of amides is 2. The average molecular weight is 386 g/mol. The summed E-state index contributed by atoms with van der Waals surface area (Å²) in [5, 5.41) is 6.91. The van der Waals surface area contributed by atoms with Gasteiger partial charge in [-0.3, -0.25) is 19.4 Å². The Kier molecular flexibility index (Phi) is 5.62. The van der Waals surface area contributed by atoms with E-state index in [4.69, 9.17) is 0 Å². The Morgan fingerprint density at radius 3 is 2.57 bits per heavy atom. The Morgan fingerprint density at radius 1 is 1.25 bits per heavy atom. The SMILES string of the molecule is CCc1cc(=O)[nH]c(-n2nc(C)cc2NC(=O)C(=O)N2C[C@@H](C)C[C@H](C)C2)n1. The minimum Gasteiger partial charge on any atom is -0.334 e. The standard InChI is InChI=1S/C19H26N6O3/c1-5-14-8-16(26)22-19(20-14)25-15(7-13(4)23-25)21-17(27)18(28)24-9-11(2)6-12(3)10-24/h7-8,11-12H,5-6,9-10H2,1-4H3,(H,21,27)(H,20,22,26)/t11-,12-/m0/s1. The smallest absolute Gasteiger partial charge is 0.315 e. The quantitative estimate of drug-likeness (QED) is 0.772. The van der Waals surface area contributed by atoms with Gasteiger partial charge in [0.15, 0.2) is 0 Å². The summed E-state index contributed by atoms with van der Waals surface area (Å²) >= 11 is 0. The normalized spacial score (nSPS) is 19.5. The molecule has 0 spiro atoms. The zero-order valence-corrected chi connectivity index (χ0v) is 16.7. The summed E-state index contributed by atoms with van der Waals surface area (Å²) in [4.78, 5) is 45.6. The lowest BCUT2D eigenvalue weighted by atomic mass is 9.92. The largest absolute Gasteiger partial charge is 0.334 e. The topological polar surface area (TPSA) is 113 Å². The van der Waals surface area contributed by atoms with Gasteiger partial charge in [-0.15, -0.1) is 0 Å². The van der Waals surface area contributed by atoms with E-state index in [1.54, 1.807) is 17.9 Å². The van der Waals surface area contributed by atoms with E-state index >= 15 is 0 Å². The van der Waals surface area contributed by atoms with Crippen molar-refractivity contribution in [1.29, 1.82) is 0 Å². The number of nitrogens with one attached hydrogen (secondary N) is 2. The van der Waals surface area contributed by atoms with Gasteiger partial charge in [-0.05, 0) is 31.6 Å². The molecule has 0 unspecified atom stereocenters. The van der Waals surface area contributed by atoms with E-state index in [1.807, 2.05) is 6.92 Å². The summed E-state index contributed by atoms with van der Waals surface area (Å²) in [6.07, 6.45) is 1.63. The Labute approximate surface area is 163 Å². The van der Waals surface area contributed by atoms with Gasteiger partial charge in [-0.25, -0.2) is 4.98 Å². The third kappa shape index (κ3) is 4.29. The molecule has 1 fully saturated rings. The van der Waals surface area contributed by atoms with Crippen molar-refractivity contribution in [3.8, 4) is 5.95 Å². The summed E-state index contributed by atoms with van der Waals surface area (Å²) in [5.41, 5.74) is 0.920. The van der Waals surface area contributed by atoms with E-state index in [1.165, 1.54) is 10.7 Å². The van der Waals surface area contributed by atoms with Gasteiger partial charge in [0, 0.05) is 30.9 Å². The van der Waals surface area contributed by atoms with Gasteiger partial charge >= 0.3 is 11.8 Å². The highest BCUT2D eigenvalue weighted by molar-refractivity contribution is 6.39. The highest BCUT2D eigenvalue weighted by Crippen LogP contribution is 2.21. The molecule has 2 aromatic rings. The van der Waals surface area contributed by atoms with E-state index < -0.39 is 11.8 Å². The van der Waals surface area contributed by atoms with Crippen molar-refractivity contribution in [1.82, 2.24) is 24.6 Å². The fourth-order valence-corrected chi connectivity index (χ4v) is 3.67. The molecule has 28 heavy (non-hydrogen) atoms. The van der Waals surface area contributed by atoms with Crippen molar-refractivity contribution < 1.29 is 9.59 Å². The predicted molar refractivity (Wildman–Crippen MR) is 104 cm³/mol. The van der Waals surface area contributed by atoms with Crippen LogP contribution in [0.25, 0.3) is 5.95 Å². The second kappa shape index (κ2) is 7.95. The van der Waals surface area contributed by atoms with E-state index in [2.05, 4.69) is 34.2 Å². The van der Waals surface area contributed by atoms with Gasteiger partial charge in [-0.2, -0.15) is 9.78 Å². The van der Waals surface area contributed by atoms with Crippen LogP contribution in [0.4, 0.5) is 5.82 Å². The maximum atomic E-state index is 12.6. The molecule has 2 atom stereocenters. The van der Waals surface area contributed by atoms with Crippen LogP contribution in [-0.2, 0) is 16.0 Å². The summed E-state index contributed by atoms with van der Waals surface area (Å²) in [5.74, 6) is -0.0894. The minimum atomic E-state index is -0.726. The third-order valence-corrected chi connectivity index (χ3v) is 4.77. The number of H-pyrrole nitrogens is 1. The van der Waals surface area contributed by atoms with E-state index in [0.717, 1.165) is 6.42 Å². The molecule has 2 N–H and O–H groups in total. The second-order valence-electron chi connectivity index (χ2n) is 7.61. The first-order valence-corrected chi connectivity index (χ1v) is 9.54. The molecule has 0 aliphatic carbocycles. The number of rotatable bonds is 3. The van der Waals surface area contributed by atoms with Gasteiger partial charge in [0.1, 0.15) is 5.82 Å². The molecule has 1 saturated heterocycles. The molecule has 9 nitrogen and oxygen atoms in total. The predicted octanol–water partition coefficient (Wildman–Crippen LogP) is 1.27. The molecule has 1 aliphatic heterocycles. The van der Waals surface area contributed by atoms with Gasteiger partial charge < -0.3 is 10.2 Å². The Balaban J connectivity index is 1.83. The van der Waals surface area contributed by atoms with E-state index in [9.17, 15) is 14.4 Å². The zero-order chi connectivity index (χ0) is 20.4. The van der Waals surface area contributed by atoms with Crippen molar-refractivity contribution in [2.45, 2.75) is 40.5 Å². The molecule has 0 saturated carbocycles. The summed E-state index contributed by atoms with van der Waals surface area (Å²) in [7, 11) is 0. The van der Waals surface area contributed by atoms with Crippen LogP contribution in [0.3, 0.4) is 0 Å². The summed E-state index contributed by atoms with van der Waals surface area (Å²) in [6.45, 7) is 8.94. The summed E-state index contributed by atoms with van der Waals surface area (Å²) in [6, 6.07) is 3.05. The molecule has 150 valence electrons. The maximum Gasteiger partial charge on any atom is 0.315 e. The first kappa shape index (κ1) is 19.8. The van der Waals surface area contributed by atoms with Crippen LogP contribution >= 0.6 is 0 Å². The number of likely N-dealkylation sites (tertiary alicyclic amines) is 1. The van der Waals surface area contributed by atoms with Crippen LogP contribution in [0, 0.1) is 18.8 Å². The Bertz CT molecular complexity index is 937. The maximum absolute atomic E-state index is 12.6. The van der Waals surface area contributed by atoms with Crippen LogP contribution in [-0.4, -0.2) is 49.6 Å². The minimum absolute atomic E-state index is 0.195. The molecule has 2 aromatic heterocycles. The molecule has 2 amide bonds. The molecular weight excluding hydrogens is 360 g/mol. The number of aromatic amines is 1. The molecule has 0 radical (unpaired) electrons. The first-order valence-electron chi connectivity index (χ1n) is 9.54. The number of hydrogen-bond donors (Lipinski definition) is 2. The van der Waals surface area contributed by atoms with E-state index in [0.29, 0.717) is 42.7 Å². The number of piperidine rings is 1. The highest BCUT2D eigenvalue weighted by Gasteiger charge is 2.30. The fraction of sp³-hybridized carbons (Fsp3) is 0.526. The van der Waals surface area contributed by atoms with Crippen LogP contribution in [0.15, 0.2) is 16.9 Å². The zero-order valence-electron chi connectivity index (χ0n) is 16.7. The van der Waals surface area contributed by atoms with Crippen LogP contribution in [0.2, 0.25) is 0 Å². The lowest BCUT2D eigenvalue weighted by molar-refractivity contribution is -0.145.